The average Bonchev–Trinajstić information content (AvgIpc) is 2.61. The first-order valence-corrected chi connectivity index (χ1v) is 5.33. The van der Waals surface area contributed by atoms with Gasteiger partial charge < -0.3 is 5.11 Å². The molecule has 0 unspecified atom stereocenters. The second-order valence-corrected chi connectivity index (χ2v) is 4.04. The third kappa shape index (κ3) is 1.66. The van der Waals surface area contributed by atoms with E-state index < -0.39 is 0 Å². The monoisotopic (exact) mass is 195 g/mol. The van der Waals surface area contributed by atoms with E-state index >= 15 is 0 Å². The summed E-state index contributed by atoms with van der Waals surface area (Å²) < 4.78 is 1.56. The topological polar surface area (TPSA) is 50.9 Å². The zero-order valence-electron chi connectivity index (χ0n) is 8.61. The summed E-state index contributed by atoms with van der Waals surface area (Å²) in [6.45, 7) is 1.92. The van der Waals surface area contributed by atoms with Crippen LogP contribution in [0.25, 0.3) is 0 Å². The van der Waals surface area contributed by atoms with Crippen molar-refractivity contribution in [3.8, 4) is 0 Å². The van der Waals surface area contributed by atoms with Crippen LogP contribution in [-0.2, 0) is 6.73 Å². The number of hydrogen-bond donors (Lipinski definition) is 1. The molecule has 78 valence electrons. The molecular formula is C10H17N3O. The van der Waals surface area contributed by atoms with E-state index in [9.17, 15) is 0 Å². The normalized spacial score (nSPS) is 18.7. The van der Waals surface area contributed by atoms with Crippen molar-refractivity contribution in [1.82, 2.24) is 15.0 Å². The second-order valence-electron chi connectivity index (χ2n) is 4.04. The molecule has 2 rings (SSSR count). The van der Waals surface area contributed by atoms with Crippen molar-refractivity contribution < 1.29 is 5.11 Å². The lowest BCUT2D eigenvalue weighted by atomic mass is 9.86. The van der Waals surface area contributed by atoms with Gasteiger partial charge in [-0.25, -0.2) is 4.68 Å². The summed E-state index contributed by atoms with van der Waals surface area (Å²) >= 11 is 0. The van der Waals surface area contributed by atoms with E-state index in [1.165, 1.54) is 32.1 Å². The standard InChI is InChI=1S/C10H17N3O/c1-8-10(11-12-13(8)7-14)9-5-3-2-4-6-9/h9,14H,2-7H2,1H3. The van der Waals surface area contributed by atoms with E-state index in [1.54, 1.807) is 4.68 Å². The van der Waals surface area contributed by atoms with Crippen molar-refractivity contribution in [3.05, 3.63) is 11.4 Å². The van der Waals surface area contributed by atoms with E-state index in [-0.39, 0.29) is 6.73 Å². The second kappa shape index (κ2) is 4.09. The van der Waals surface area contributed by atoms with Crippen LogP contribution in [0.5, 0.6) is 0 Å². The van der Waals surface area contributed by atoms with Crippen LogP contribution in [0.15, 0.2) is 0 Å². The summed E-state index contributed by atoms with van der Waals surface area (Å²) in [5.41, 5.74) is 2.12. The SMILES string of the molecule is Cc1c(C2CCCCC2)nnn1CO. The molecule has 1 aliphatic carbocycles. The summed E-state index contributed by atoms with van der Waals surface area (Å²) in [5.74, 6) is 0.573. The molecule has 0 spiro atoms. The van der Waals surface area contributed by atoms with E-state index in [1.807, 2.05) is 6.92 Å². The lowest BCUT2D eigenvalue weighted by Gasteiger charge is -2.19. The molecule has 4 nitrogen and oxygen atoms in total. The van der Waals surface area contributed by atoms with Crippen LogP contribution >= 0.6 is 0 Å². The molecule has 0 aromatic carbocycles. The van der Waals surface area contributed by atoms with Crippen molar-refractivity contribution in [2.24, 2.45) is 0 Å². The average molecular weight is 195 g/mol. The van der Waals surface area contributed by atoms with Gasteiger partial charge in [0.15, 0.2) is 0 Å². The summed E-state index contributed by atoms with van der Waals surface area (Å²) in [6, 6.07) is 0. The van der Waals surface area contributed by atoms with Crippen LogP contribution in [-0.4, -0.2) is 20.1 Å². The Morgan fingerprint density at radius 3 is 2.64 bits per heavy atom. The van der Waals surface area contributed by atoms with Gasteiger partial charge >= 0.3 is 0 Å². The molecule has 0 atom stereocenters. The Bertz CT molecular complexity index is 302. The fraction of sp³-hybridized carbons (Fsp3) is 0.800. The highest BCUT2D eigenvalue weighted by molar-refractivity contribution is 5.14. The quantitative estimate of drug-likeness (QED) is 0.779. The Morgan fingerprint density at radius 1 is 1.36 bits per heavy atom. The lowest BCUT2D eigenvalue weighted by molar-refractivity contribution is 0.190. The van der Waals surface area contributed by atoms with Crippen LogP contribution in [0, 0.1) is 6.92 Å². The predicted molar refractivity (Wildman–Crippen MR) is 52.8 cm³/mol. The first-order chi connectivity index (χ1) is 6.83. The molecule has 0 bridgehead atoms. The minimum absolute atomic E-state index is 0.0639. The van der Waals surface area contributed by atoms with Crippen LogP contribution in [0.2, 0.25) is 0 Å². The summed E-state index contributed by atoms with van der Waals surface area (Å²) in [4.78, 5) is 0. The van der Waals surface area contributed by atoms with Crippen molar-refractivity contribution in [2.75, 3.05) is 0 Å². The Labute approximate surface area is 83.9 Å². The van der Waals surface area contributed by atoms with E-state index in [0.29, 0.717) is 5.92 Å². The molecule has 0 aliphatic heterocycles. The molecule has 1 aliphatic rings. The molecule has 1 N–H and O–H groups in total. The zero-order chi connectivity index (χ0) is 9.97. The highest BCUT2D eigenvalue weighted by Gasteiger charge is 2.21. The number of aliphatic hydroxyl groups is 1. The fourth-order valence-electron chi connectivity index (χ4n) is 2.26. The van der Waals surface area contributed by atoms with Crippen molar-refractivity contribution in [1.29, 1.82) is 0 Å². The highest BCUT2D eigenvalue weighted by atomic mass is 16.3. The van der Waals surface area contributed by atoms with E-state index in [0.717, 1.165) is 11.4 Å². The Morgan fingerprint density at radius 2 is 2.07 bits per heavy atom. The summed E-state index contributed by atoms with van der Waals surface area (Å²) in [7, 11) is 0. The van der Waals surface area contributed by atoms with Gasteiger partial charge in [0.2, 0.25) is 0 Å². The van der Waals surface area contributed by atoms with Crippen molar-refractivity contribution in [2.45, 2.75) is 51.7 Å². The number of rotatable bonds is 2. The zero-order valence-corrected chi connectivity index (χ0v) is 8.61. The Balaban J connectivity index is 2.18. The maximum Gasteiger partial charge on any atom is 0.138 e. The van der Waals surface area contributed by atoms with Gasteiger partial charge in [0, 0.05) is 5.92 Å². The maximum absolute atomic E-state index is 8.99. The first-order valence-electron chi connectivity index (χ1n) is 5.33. The number of hydrogen-bond acceptors (Lipinski definition) is 3. The van der Waals surface area contributed by atoms with Gasteiger partial charge in [-0.15, -0.1) is 5.10 Å². The van der Waals surface area contributed by atoms with Gasteiger partial charge in [0.1, 0.15) is 6.73 Å². The van der Waals surface area contributed by atoms with Crippen molar-refractivity contribution >= 4 is 0 Å². The Hall–Kier alpha value is -0.900. The highest BCUT2D eigenvalue weighted by Crippen LogP contribution is 2.32. The van der Waals surface area contributed by atoms with Crippen LogP contribution in [0.4, 0.5) is 0 Å². The largest absolute Gasteiger partial charge is 0.374 e. The van der Waals surface area contributed by atoms with Gasteiger partial charge in [0.05, 0.1) is 11.4 Å². The van der Waals surface area contributed by atoms with Gasteiger partial charge in [0.25, 0.3) is 0 Å². The van der Waals surface area contributed by atoms with Crippen LogP contribution < -0.4 is 0 Å². The smallest absolute Gasteiger partial charge is 0.138 e. The van der Waals surface area contributed by atoms with Crippen molar-refractivity contribution in [3.63, 3.8) is 0 Å². The first kappa shape index (κ1) is 9.65. The Kier molecular flexibility index (Phi) is 2.82. The maximum atomic E-state index is 8.99. The van der Waals surface area contributed by atoms with Gasteiger partial charge in [-0.3, -0.25) is 0 Å². The molecule has 1 fully saturated rings. The van der Waals surface area contributed by atoms with Gasteiger partial charge in [-0.2, -0.15) is 0 Å². The number of aliphatic hydroxyl groups excluding tert-OH is 1. The molecule has 4 heteroatoms. The summed E-state index contributed by atoms with van der Waals surface area (Å²) in [5, 5.41) is 17.1. The third-order valence-electron chi connectivity index (χ3n) is 3.14. The third-order valence-corrected chi connectivity index (χ3v) is 3.14. The predicted octanol–water partition coefficient (Wildman–Crippen LogP) is 1.58. The van der Waals surface area contributed by atoms with Gasteiger partial charge in [-0.05, 0) is 19.8 Å². The molecule has 1 aromatic heterocycles. The van der Waals surface area contributed by atoms with E-state index in [4.69, 9.17) is 5.11 Å². The van der Waals surface area contributed by atoms with Gasteiger partial charge in [-0.1, -0.05) is 24.5 Å². The number of nitrogens with zero attached hydrogens (tertiary/aromatic N) is 3. The molecule has 1 saturated carbocycles. The lowest BCUT2D eigenvalue weighted by Crippen LogP contribution is -2.07. The molecule has 0 amide bonds. The molecule has 14 heavy (non-hydrogen) atoms. The minimum atomic E-state index is -0.0639. The van der Waals surface area contributed by atoms with Crippen LogP contribution in [0.3, 0.4) is 0 Å². The molecule has 1 heterocycles. The minimum Gasteiger partial charge on any atom is -0.374 e. The summed E-state index contributed by atoms with van der Waals surface area (Å²) in [6.07, 6.45) is 6.41. The van der Waals surface area contributed by atoms with E-state index in [2.05, 4.69) is 10.3 Å². The molecule has 0 saturated heterocycles. The molecule has 1 aromatic rings. The molecular weight excluding hydrogens is 178 g/mol. The number of aromatic nitrogens is 3. The fourth-order valence-corrected chi connectivity index (χ4v) is 2.26. The molecule has 0 radical (unpaired) electrons. The van der Waals surface area contributed by atoms with Crippen LogP contribution in [0.1, 0.15) is 49.4 Å².